The van der Waals surface area contributed by atoms with Gasteiger partial charge in [0.2, 0.25) is 0 Å². The highest BCUT2D eigenvalue weighted by molar-refractivity contribution is 5.78. The number of rotatable bonds is 6. The second-order valence-electron chi connectivity index (χ2n) is 4.31. The van der Waals surface area contributed by atoms with Gasteiger partial charge in [-0.15, -0.1) is 0 Å². The SMILES string of the molecule is COc1cc(N[C@H](C(=O)O)C(C)C)cc(OC)c1. The normalized spacial score (nSPS) is 12.1. The zero-order chi connectivity index (χ0) is 13.7. The minimum atomic E-state index is -0.883. The third kappa shape index (κ3) is 3.55. The number of anilines is 1. The number of carboxylic acid groups (broad SMARTS) is 1. The second-order valence-corrected chi connectivity index (χ2v) is 4.31. The summed E-state index contributed by atoms with van der Waals surface area (Å²) in [4.78, 5) is 11.1. The molecule has 5 heteroatoms. The van der Waals surface area contributed by atoms with Crippen molar-refractivity contribution in [2.75, 3.05) is 19.5 Å². The summed E-state index contributed by atoms with van der Waals surface area (Å²) < 4.78 is 10.3. The van der Waals surface area contributed by atoms with Gasteiger partial charge in [0.15, 0.2) is 0 Å². The number of hydrogen-bond acceptors (Lipinski definition) is 4. The van der Waals surface area contributed by atoms with Crippen molar-refractivity contribution in [1.82, 2.24) is 0 Å². The van der Waals surface area contributed by atoms with Crippen LogP contribution in [-0.4, -0.2) is 31.3 Å². The molecule has 1 aromatic rings. The lowest BCUT2D eigenvalue weighted by molar-refractivity contribution is -0.138. The van der Waals surface area contributed by atoms with Crippen LogP contribution >= 0.6 is 0 Å². The Labute approximate surface area is 107 Å². The number of nitrogens with one attached hydrogen (secondary N) is 1. The van der Waals surface area contributed by atoms with E-state index >= 15 is 0 Å². The van der Waals surface area contributed by atoms with E-state index in [9.17, 15) is 4.79 Å². The van der Waals surface area contributed by atoms with E-state index in [-0.39, 0.29) is 5.92 Å². The summed E-state index contributed by atoms with van der Waals surface area (Å²) in [6, 6.07) is 4.56. The van der Waals surface area contributed by atoms with E-state index in [4.69, 9.17) is 14.6 Å². The van der Waals surface area contributed by atoms with Gasteiger partial charge in [0.05, 0.1) is 14.2 Å². The topological polar surface area (TPSA) is 67.8 Å². The number of ether oxygens (including phenoxy) is 2. The average molecular weight is 253 g/mol. The molecule has 0 fully saturated rings. The van der Waals surface area contributed by atoms with E-state index in [0.29, 0.717) is 17.2 Å². The molecule has 0 saturated heterocycles. The summed E-state index contributed by atoms with van der Waals surface area (Å²) in [6.07, 6.45) is 0. The Morgan fingerprint density at radius 2 is 1.67 bits per heavy atom. The Hall–Kier alpha value is -1.91. The van der Waals surface area contributed by atoms with Gasteiger partial charge in [-0.2, -0.15) is 0 Å². The van der Waals surface area contributed by atoms with Crippen LogP contribution in [0.2, 0.25) is 0 Å². The van der Waals surface area contributed by atoms with E-state index in [2.05, 4.69) is 5.32 Å². The van der Waals surface area contributed by atoms with Crippen LogP contribution < -0.4 is 14.8 Å². The molecule has 0 bridgehead atoms. The monoisotopic (exact) mass is 253 g/mol. The Balaban J connectivity index is 2.98. The number of benzene rings is 1. The van der Waals surface area contributed by atoms with Crippen LogP contribution in [0.15, 0.2) is 18.2 Å². The molecule has 5 nitrogen and oxygen atoms in total. The molecule has 2 N–H and O–H groups in total. The molecule has 0 amide bonds. The molecule has 100 valence electrons. The molecule has 1 atom stereocenters. The van der Waals surface area contributed by atoms with E-state index < -0.39 is 12.0 Å². The summed E-state index contributed by atoms with van der Waals surface area (Å²) in [5.41, 5.74) is 0.660. The van der Waals surface area contributed by atoms with Crippen LogP contribution in [0.4, 0.5) is 5.69 Å². The lowest BCUT2D eigenvalue weighted by Gasteiger charge is -2.20. The molecular formula is C13H19NO4. The highest BCUT2D eigenvalue weighted by Crippen LogP contribution is 2.26. The van der Waals surface area contributed by atoms with Crippen LogP contribution in [0.25, 0.3) is 0 Å². The Kier molecular flexibility index (Phi) is 4.83. The van der Waals surface area contributed by atoms with Gasteiger partial charge in [-0.25, -0.2) is 4.79 Å². The van der Waals surface area contributed by atoms with Gasteiger partial charge in [-0.05, 0) is 5.92 Å². The van der Waals surface area contributed by atoms with Gasteiger partial charge >= 0.3 is 5.97 Å². The molecule has 0 radical (unpaired) electrons. The van der Waals surface area contributed by atoms with E-state index in [1.807, 2.05) is 13.8 Å². The number of carboxylic acids is 1. The molecule has 0 spiro atoms. The minimum absolute atomic E-state index is 0.0281. The van der Waals surface area contributed by atoms with Gasteiger partial charge in [0.1, 0.15) is 17.5 Å². The standard InChI is InChI=1S/C13H19NO4/c1-8(2)12(13(15)16)14-9-5-10(17-3)7-11(6-9)18-4/h5-8,12,14H,1-4H3,(H,15,16)/t12-/m0/s1. The van der Waals surface area contributed by atoms with Crippen LogP contribution in [-0.2, 0) is 4.79 Å². The van der Waals surface area contributed by atoms with Crippen molar-refractivity contribution in [3.63, 3.8) is 0 Å². The lowest BCUT2D eigenvalue weighted by Crippen LogP contribution is -2.34. The maximum atomic E-state index is 11.1. The van der Waals surface area contributed by atoms with Crippen molar-refractivity contribution < 1.29 is 19.4 Å². The Bertz CT molecular complexity index is 395. The Morgan fingerprint density at radius 3 is 2.00 bits per heavy atom. The number of aliphatic carboxylic acids is 1. The summed E-state index contributed by atoms with van der Waals surface area (Å²) in [5.74, 6) is 0.320. The van der Waals surface area contributed by atoms with Crippen molar-refractivity contribution in [2.45, 2.75) is 19.9 Å². The molecule has 0 aliphatic carbocycles. The molecule has 0 heterocycles. The second kappa shape index (κ2) is 6.14. The fourth-order valence-electron chi connectivity index (χ4n) is 1.58. The molecule has 0 aromatic heterocycles. The molecule has 18 heavy (non-hydrogen) atoms. The first-order valence-electron chi connectivity index (χ1n) is 5.70. The fraction of sp³-hybridized carbons (Fsp3) is 0.462. The number of hydrogen-bond donors (Lipinski definition) is 2. The van der Waals surface area contributed by atoms with Crippen molar-refractivity contribution in [2.24, 2.45) is 5.92 Å². The quantitative estimate of drug-likeness (QED) is 0.813. The highest BCUT2D eigenvalue weighted by Gasteiger charge is 2.21. The molecule has 0 aliphatic rings. The van der Waals surface area contributed by atoms with E-state index in [1.165, 1.54) is 0 Å². The third-order valence-corrected chi connectivity index (χ3v) is 2.61. The molecular weight excluding hydrogens is 234 g/mol. The average Bonchev–Trinajstić information content (AvgIpc) is 2.34. The first kappa shape index (κ1) is 14.2. The molecule has 1 aromatic carbocycles. The maximum Gasteiger partial charge on any atom is 0.326 e. The van der Waals surface area contributed by atoms with Gasteiger partial charge in [-0.1, -0.05) is 13.8 Å². The first-order valence-corrected chi connectivity index (χ1v) is 5.70. The van der Waals surface area contributed by atoms with E-state index in [0.717, 1.165) is 0 Å². The minimum Gasteiger partial charge on any atom is -0.497 e. The predicted molar refractivity (Wildman–Crippen MR) is 69.4 cm³/mol. The highest BCUT2D eigenvalue weighted by atomic mass is 16.5. The summed E-state index contributed by atoms with van der Waals surface area (Å²) in [6.45, 7) is 3.70. The van der Waals surface area contributed by atoms with Crippen molar-refractivity contribution >= 4 is 11.7 Å². The van der Waals surface area contributed by atoms with Gasteiger partial charge in [0, 0.05) is 23.9 Å². The maximum absolute atomic E-state index is 11.1. The molecule has 0 saturated carbocycles. The van der Waals surface area contributed by atoms with Crippen molar-refractivity contribution in [3.8, 4) is 11.5 Å². The number of methoxy groups -OCH3 is 2. The van der Waals surface area contributed by atoms with Crippen LogP contribution in [0.1, 0.15) is 13.8 Å². The zero-order valence-corrected chi connectivity index (χ0v) is 11.1. The van der Waals surface area contributed by atoms with Crippen LogP contribution in [0, 0.1) is 5.92 Å². The summed E-state index contributed by atoms with van der Waals surface area (Å²) >= 11 is 0. The van der Waals surface area contributed by atoms with Crippen molar-refractivity contribution in [1.29, 1.82) is 0 Å². The third-order valence-electron chi connectivity index (χ3n) is 2.61. The van der Waals surface area contributed by atoms with E-state index in [1.54, 1.807) is 32.4 Å². The number of carbonyl (C=O) groups is 1. The predicted octanol–water partition coefficient (Wildman–Crippen LogP) is 2.22. The fourth-order valence-corrected chi connectivity index (χ4v) is 1.58. The smallest absolute Gasteiger partial charge is 0.326 e. The van der Waals surface area contributed by atoms with Crippen molar-refractivity contribution in [3.05, 3.63) is 18.2 Å². The zero-order valence-electron chi connectivity index (χ0n) is 11.1. The Morgan fingerprint density at radius 1 is 1.17 bits per heavy atom. The molecule has 0 aliphatic heterocycles. The molecule has 1 rings (SSSR count). The van der Waals surface area contributed by atoms with Crippen LogP contribution in [0.5, 0.6) is 11.5 Å². The summed E-state index contributed by atoms with van der Waals surface area (Å²) in [5, 5.41) is 12.1. The molecule has 0 unspecified atom stereocenters. The van der Waals surface area contributed by atoms with Gasteiger partial charge < -0.3 is 19.9 Å². The summed E-state index contributed by atoms with van der Waals surface area (Å²) in [7, 11) is 3.10. The largest absolute Gasteiger partial charge is 0.497 e. The lowest BCUT2D eigenvalue weighted by atomic mass is 10.0. The first-order chi connectivity index (χ1) is 8.47. The van der Waals surface area contributed by atoms with Gasteiger partial charge in [-0.3, -0.25) is 0 Å². The van der Waals surface area contributed by atoms with Crippen LogP contribution in [0.3, 0.4) is 0 Å². The van der Waals surface area contributed by atoms with Gasteiger partial charge in [0.25, 0.3) is 0 Å².